The minimum absolute atomic E-state index is 0.253. The molecule has 6 rings (SSSR count). The zero-order valence-electron chi connectivity index (χ0n) is 16.2. The Morgan fingerprint density at radius 1 is 1.00 bits per heavy atom. The Bertz CT molecular complexity index is 1570. The highest BCUT2D eigenvalue weighted by atomic mass is 32.1. The van der Waals surface area contributed by atoms with Crippen LogP contribution in [0.4, 0.5) is 4.39 Å². The topological polar surface area (TPSA) is 96.0 Å². The maximum Gasteiger partial charge on any atom is 0.157 e. The van der Waals surface area contributed by atoms with Crippen molar-refractivity contribution in [3.8, 4) is 33.2 Å². The van der Waals surface area contributed by atoms with E-state index < -0.39 is 5.82 Å². The van der Waals surface area contributed by atoms with Crippen LogP contribution < -0.4 is 0 Å². The number of hydrogen-bond donors (Lipinski definition) is 2. The van der Waals surface area contributed by atoms with Gasteiger partial charge in [-0.25, -0.2) is 19.3 Å². The molecule has 150 valence electrons. The molecule has 1 aromatic carbocycles. The summed E-state index contributed by atoms with van der Waals surface area (Å²) in [7, 11) is 0. The monoisotopic (exact) mass is 427 g/mol. The van der Waals surface area contributed by atoms with Gasteiger partial charge in [-0.2, -0.15) is 5.10 Å². The smallest absolute Gasteiger partial charge is 0.157 e. The molecule has 6 aromatic rings. The predicted octanol–water partition coefficient (Wildman–Crippen LogP) is 5.13. The standard InChI is InChI=1S/C22H14FN7S/c1-11-2-3-17(31-11)21-20-16(4-5-26-21)27-22(28-20)19-14-6-12(13-8-24-10-25-9-13)7-15(23)18(14)29-30-19/h2-10H,1H3,(H,27,28)(H,29,30). The van der Waals surface area contributed by atoms with Crippen molar-refractivity contribution in [1.82, 2.24) is 35.1 Å². The number of thiophene rings is 1. The summed E-state index contributed by atoms with van der Waals surface area (Å²) in [5.74, 6) is 0.146. The van der Waals surface area contributed by atoms with Crippen molar-refractivity contribution >= 4 is 33.3 Å². The number of rotatable bonds is 3. The van der Waals surface area contributed by atoms with E-state index in [4.69, 9.17) is 4.98 Å². The van der Waals surface area contributed by atoms with E-state index in [1.54, 1.807) is 29.9 Å². The second kappa shape index (κ2) is 6.78. The van der Waals surface area contributed by atoms with Gasteiger partial charge in [-0.1, -0.05) is 0 Å². The molecule has 31 heavy (non-hydrogen) atoms. The SMILES string of the molecule is Cc1ccc(-c2nccc3[nH]c(-c4[nH]nc5c(F)cc(-c6cncnc6)cc45)nc23)s1. The van der Waals surface area contributed by atoms with Gasteiger partial charge in [-0.15, -0.1) is 11.3 Å². The summed E-state index contributed by atoms with van der Waals surface area (Å²) < 4.78 is 14.8. The molecule has 0 amide bonds. The van der Waals surface area contributed by atoms with E-state index in [0.29, 0.717) is 22.5 Å². The van der Waals surface area contributed by atoms with Gasteiger partial charge in [0.05, 0.1) is 10.4 Å². The number of H-pyrrole nitrogens is 2. The lowest BCUT2D eigenvalue weighted by Crippen LogP contribution is -1.86. The fourth-order valence-corrected chi connectivity index (χ4v) is 4.53. The van der Waals surface area contributed by atoms with Gasteiger partial charge in [-0.3, -0.25) is 10.1 Å². The molecule has 0 unspecified atom stereocenters. The summed E-state index contributed by atoms with van der Waals surface area (Å²) in [5, 5.41) is 7.74. The zero-order valence-corrected chi connectivity index (χ0v) is 17.0. The van der Waals surface area contributed by atoms with Crippen LogP contribution in [-0.2, 0) is 0 Å². The van der Waals surface area contributed by atoms with Gasteiger partial charge in [0, 0.05) is 34.4 Å². The van der Waals surface area contributed by atoms with Crippen LogP contribution >= 0.6 is 11.3 Å². The van der Waals surface area contributed by atoms with Crippen molar-refractivity contribution in [2.45, 2.75) is 6.92 Å². The lowest BCUT2D eigenvalue weighted by Gasteiger charge is -2.02. The molecule has 7 nitrogen and oxygen atoms in total. The second-order valence-electron chi connectivity index (χ2n) is 7.13. The molecular weight excluding hydrogens is 413 g/mol. The maximum atomic E-state index is 14.8. The van der Waals surface area contributed by atoms with E-state index in [0.717, 1.165) is 27.2 Å². The van der Waals surface area contributed by atoms with Crippen LogP contribution in [0.1, 0.15) is 4.88 Å². The highest BCUT2D eigenvalue weighted by Gasteiger charge is 2.18. The molecule has 0 saturated heterocycles. The summed E-state index contributed by atoms with van der Waals surface area (Å²) in [6.45, 7) is 2.06. The fraction of sp³-hybridized carbons (Fsp3) is 0.0455. The summed E-state index contributed by atoms with van der Waals surface area (Å²) in [6, 6.07) is 9.29. The predicted molar refractivity (Wildman–Crippen MR) is 118 cm³/mol. The van der Waals surface area contributed by atoms with Gasteiger partial charge in [0.25, 0.3) is 0 Å². The van der Waals surface area contributed by atoms with Crippen LogP contribution in [0.25, 0.3) is 55.2 Å². The van der Waals surface area contributed by atoms with Crippen LogP contribution in [-0.4, -0.2) is 35.1 Å². The fourth-order valence-electron chi connectivity index (χ4n) is 3.67. The van der Waals surface area contributed by atoms with Gasteiger partial charge >= 0.3 is 0 Å². The molecule has 0 saturated carbocycles. The van der Waals surface area contributed by atoms with Crippen molar-refractivity contribution in [3.05, 3.63) is 65.9 Å². The van der Waals surface area contributed by atoms with E-state index in [2.05, 4.69) is 43.1 Å². The number of fused-ring (bicyclic) bond motifs is 2. The molecular formula is C22H14FN7S. The van der Waals surface area contributed by atoms with Crippen molar-refractivity contribution in [2.24, 2.45) is 0 Å². The van der Waals surface area contributed by atoms with Crippen LogP contribution in [0, 0.1) is 12.7 Å². The van der Waals surface area contributed by atoms with E-state index >= 15 is 0 Å². The highest BCUT2D eigenvalue weighted by Crippen LogP contribution is 2.34. The van der Waals surface area contributed by atoms with Crippen LogP contribution in [0.15, 0.2) is 55.2 Å². The second-order valence-corrected chi connectivity index (χ2v) is 8.42. The van der Waals surface area contributed by atoms with E-state index in [9.17, 15) is 4.39 Å². The number of aromatic amines is 2. The average molecular weight is 427 g/mol. The van der Waals surface area contributed by atoms with Gasteiger partial charge in [0.2, 0.25) is 0 Å². The molecule has 0 fully saturated rings. The lowest BCUT2D eigenvalue weighted by molar-refractivity contribution is 0.636. The number of imidazole rings is 1. The molecule has 0 atom stereocenters. The molecule has 5 heterocycles. The number of halogens is 1. The summed E-state index contributed by atoms with van der Waals surface area (Å²) >= 11 is 1.67. The van der Waals surface area contributed by atoms with E-state index in [-0.39, 0.29) is 5.52 Å². The number of nitrogens with zero attached hydrogens (tertiary/aromatic N) is 5. The highest BCUT2D eigenvalue weighted by molar-refractivity contribution is 7.15. The Kier molecular flexibility index (Phi) is 3.90. The molecule has 0 spiro atoms. The minimum atomic E-state index is -0.425. The Labute approximate surface area is 179 Å². The molecule has 0 radical (unpaired) electrons. The summed E-state index contributed by atoms with van der Waals surface area (Å²) in [6.07, 6.45) is 6.49. The first-order valence-corrected chi connectivity index (χ1v) is 10.3. The average Bonchev–Trinajstić information content (AvgIpc) is 3.51. The van der Waals surface area contributed by atoms with Crippen LogP contribution in [0.2, 0.25) is 0 Å². The molecule has 5 aromatic heterocycles. The molecule has 0 aliphatic heterocycles. The quantitative estimate of drug-likeness (QED) is 0.408. The molecule has 2 N–H and O–H groups in total. The number of pyridine rings is 1. The Morgan fingerprint density at radius 3 is 2.68 bits per heavy atom. The number of benzene rings is 1. The third-order valence-electron chi connectivity index (χ3n) is 5.12. The van der Waals surface area contributed by atoms with Gasteiger partial charge in [0.15, 0.2) is 11.6 Å². The van der Waals surface area contributed by atoms with Crippen molar-refractivity contribution in [3.63, 3.8) is 0 Å². The first-order valence-electron chi connectivity index (χ1n) is 9.52. The largest absolute Gasteiger partial charge is 0.337 e. The molecule has 0 aliphatic rings. The Hall–Kier alpha value is -3.98. The van der Waals surface area contributed by atoms with Crippen molar-refractivity contribution < 1.29 is 4.39 Å². The third kappa shape index (κ3) is 2.89. The van der Waals surface area contributed by atoms with E-state index in [1.807, 2.05) is 18.2 Å². The number of aromatic nitrogens is 7. The number of aryl methyl sites for hydroxylation is 1. The van der Waals surface area contributed by atoms with Gasteiger partial charge in [0.1, 0.15) is 28.7 Å². The number of hydrogen-bond acceptors (Lipinski definition) is 6. The lowest BCUT2D eigenvalue weighted by atomic mass is 10.1. The van der Waals surface area contributed by atoms with Crippen molar-refractivity contribution in [1.29, 1.82) is 0 Å². The summed E-state index contributed by atoms with van der Waals surface area (Å²) in [5.41, 5.74) is 4.67. The normalized spacial score (nSPS) is 11.5. The number of nitrogens with one attached hydrogen (secondary N) is 2. The molecule has 0 aliphatic carbocycles. The van der Waals surface area contributed by atoms with Crippen LogP contribution in [0.3, 0.4) is 0 Å². The zero-order chi connectivity index (χ0) is 20.9. The Morgan fingerprint density at radius 2 is 1.87 bits per heavy atom. The first kappa shape index (κ1) is 17.8. The van der Waals surface area contributed by atoms with E-state index in [1.165, 1.54) is 17.3 Å². The first-order chi connectivity index (χ1) is 15.2. The maximum absolute atomic E-state index is 14.8. The molecule has 0 bridgehead atoms. The Balaban J connectivity index is 1.55. The van der Waals surface area contributed by atoms with Crippen molar-refractivity contribution in [2.75, 3.05) is 0 Å². The molecule has 9 heteroatoms. The summed E-state index contributed by atoms with van der Waals surface area (Å²) in [4.78, 5) is 23.0. The third-order valence-corrected chi connectivity index (χ3v) is 6.13. The van der Waals surface area contributed by atoms with Gasteiger partial charge in [-0.05, 0) is 42.8 Å². The minimum Gasteiger partial charge on any atom is -0.337 e. The van der Waals surface area contributed by atoms with Crippen LogP contribution in [0.5, 0.6) is 0 Å². The van der Waals surface area contributed by atoms with Gasteiger partial charge < -0.3 is 4.98 Å².